The third kappa shape index (κ3) is 5.97. The van der Waals surface area contributed by atoms with E-state index in [4.69, 9.17) is 9.15 Å². The van der Waals surface area contributed by atoms with E-state index >= 15 is 4.39 Å². The van der Waals surface area contributed by atoms with Crippen molar-refractivity contribution in [2.24, 2.45) is 0 Å². The number of anilines is 1. The molecule has 2 aromatic heterocycles. The van der Waals surface area contributed by atoms with Crippen LogP contribution in [0.5, 0.6) is 11.7 Å². The van der Waals surface area contributed by atoms with Crippen LogP contribution in [0.3, 0.4) is 0 Å². The number of nitrogens with zero attached hydrogens (tertiary/aromatic N) is 4. The quantitative estimate of drug-likeness (QED) is 0.119. The molecule has 0 aliphatic carbocycles. The van der Waals surface area contributed by atoms with E-state index in [-0.39, 0.29) is 11.3 Å². The molecule has 4 atom stereocenters. The maximum Gasteiger partial charge on any atom is 0.285 e. The van der Waals surface area contributed by atoms with Gasteiger partial charge in [-0.1, -0.05) is 47.5 Å². The number of halogens is 2. The van der Waals surface area contributed by atoms with Crippen LogP contribution in [-0.4, -0.2) is 84.6 Å². The highest BCUT2D eigenvalue weighted by atomic mass is 28.3. The van der Waals surface area contributed by atoms with Crippen molar-refractivity contribution < 1.29 is 23.0 Å². The monoisotopic (exact) mass is 777 g/mol. The normalized spacial score (nSPS) is 24.0. The molecule has 3 aromatic carbocycles. The van der Waals surface area contributed by atoms with Crippen molar-refractivity contribution in [1.29, 1.82) is 0 Å². The number of hydrogen-bond donors (Lipinski definition) is 2. The molecule has 294 valence electrons. The van der Waals surface area contributed by atoms with Crippen LogP contribution in [0, 0.1) is 17.3 Å². The highest BCUT2D eigenvalue weighted by Crippen LogP contribution is 2.47. The predicted molar refractivity (Wildman–Crippen MR) is 223 cm³/mol. The maximum absolute atomic E-state index is 17.8. The highest BCUT2D eigenvalue weighted by molar-refractivity contribution is 6.90. The van der Waals surface area contributed by atoms with Gasteiger partial charge < -0.3 is 24.5 Å². The summed E-state index contributed by atoms with van der Waals surface area (Å²) in [7, 11) is -2.27. The number of alkyl halides is 1. The van der Waals surface area contributed by atoms with E-state index in [9.17, 15) is 9.50 Å². The van der Waals surface area contributed by atoms with E-state index in [1.807, 2.05) is 24.3 Å². The number of fused-ring (bicyclic) bond motifs is 7. The van der Waals surface area contributed by atoms with Gasteiger partial charge in [-0.3, -0.25) is 4.90 Å². The lowest BCUT2D eigenvalue weighted by molar-refractivity contribution is 0.0979. The van der Waals surface area contributed by atoms with Gasteiger partial charge in [0.1, 0.15) is 44.3 Å². The number of aromatic nitrogens is 2. The number of hydrogen-bond acceptors (Lipinski definition) is 8. The average molecular weight is 778 g/mol. The van der Waals surface area contributed by atoms with Crippen LogP contribution in [0.2, 0.25) is 16.6 Å². The van der Waals surface area contributed by atoms with Gasteiger partial charge in [0.25, 0.3) is 5.95 Å². The summed E-state index contributed by atoms with van der Waals surface area (Å²) in [5.74, 6) is 3.56. The SMILES string of the molecule is CC(C)[Si](C#Cc1c(F)c(-c2cc3ncncc3c3oc(OC[C@@]45CCCN4C[C@H](F)C5)cc23)cc2c(N3CC4CCC(C3)N4)c(O)ccc12)(C(C)C)C(C)C. The van der Waals surface area contributed by atoms with Crippen molar-refractivity contribution in [3.8, 4) is 34.3 Å². The van der Waals surface area contributed by atoms with Gasteiger partial charge in [0.15, 0.2) is 0 Å². The predicted octanol–water partition coefficient (Wildman–Crippen LogP) is 9.51. The zero-order chi connectivity index (χ0) is 39.1. The van der Waals surface area contributed by atoms with E-state index in [0.29, 0.717) is 104 Å². The lowest BCUT2D eigenvalue weighted by Gasteiger charge is -2.38. The van der Waals surface area contributed by atoms with Gasteiger partial charge >= 0.3 is 0 Å². The Bertz CT molecular complexity index is 2370. The molecule has 0 saturated carbocycles. The summed E-state index contributed by atoms with van der Waals surface area (Å²) >= 11 is 0. The summed E-state index contributed by atoms with van der Waals surface area (Å²) in [4.78, 5) is 13.4. The number of piperazine rings is 1. The third-order valence-corrected chi connectivity index (χ3v) is 20.1. The average Bonchev–Trinajstić information content (AvgIpc) is 3.92. The Labute approximate surface area is 329 Å². The van der Waals surface area contributed by atoms with E-state index in [2.05, 4.69) is 78.1 Å². The van der Waals surface area contributed by atoms with Crippen molar-refractivity contribution in [2.75, 3.05) is 37.7 Å². The Morgan fingerprint density at radius 2 is 1.73 bits per heavy atom. The van der Waals surface area contributed by atoms with E-state index in [0.717, 1.165) is 50.7 Å². The van der Waals surface area contributed by atoms with E-state index in [1.54, 1.807) is 12.3 Å². The number of ether oxygens (including phenoxy) is 1. The number of aromatic hydroxyl groups is 1. The van der Waals surface area contributed by atoms with Crippen LogP contribution in [0.15, 0.2) is 47.3 Å². The number of rotatable bonds is 8. The molecule has 0 radical (unpaired) electrons. The Hall–Kier alpha value is -4.24. The molecule has 8 nitrogen and oxygen atoms in total. The molecule has 56 heavy (non-hydrogen) atoms. The molecular formula is C45H53F2N5O3Si. The molecule has 4 aliphatic heterocycles. The summed E-state index contributed by atoms with van der Waals surface area (Å²) in [5, 5.41) is 18.1. The van der Waals surface area contributed by atoms with Gasteiger partial charge in [0, 0.05) is 72.1 Å². The zero-order valence-corrected chi connectivity index (χ0v) is 34.4. The number of benzene rings is 3. The van der Waals surface area contributed by atoms with Crippen LogP contribution < -0.4 is 15.0 Å². The van der Waals surface area contributed by atoms with Gasteiger partial charge in [-0.15, -0.1) is 5.54 Å². The molecule has 2 N–H and O–H groups in total. The topological polar surface area (TPSA) is 86.9 Å². The molecule has 4 aliphatic rings. The van der Waals surface area contributed by atoms with Crippen molar-refractivity contribution in [1.82, 2.24) is 20.2 Å². The molecule has 4 fully saturated rings. The van der Waals surface area contributed by atoms with Gasteiger partial charge in [0.2, 0.25) is 0 Å². The standard InChI is InChI=1S/C45H53F2N5O3Si/c1-26(2)56(27(3)4,28(5)6)15-12-33-32-10-11-40(53)43(51-22-30-8-9-31(23-51)50-30)36(32)16-35(42(33)47)34-17-39-38(20-48-25-49-39)44-37(34)18-41(55-44)54-24-45-13-7-14-52(45)21-29(46)19-45/h10-11,16-18,20,25-31,50,53H,7-9,13-14,19,21-24H2,1-6H3/t29-,30?,31?,45+/m1/s1. The van der Waals surface area contributed by atoms with Crippen LogP contribution in [0.25, 0.3) is 43.8 Å². The highest BCUT2D eigenvalue weighted by Gasteiger charge is 2.49. The second kappa shape index (κ2) is 14.0. The Kier molecular flexibility index (Phi) is 9.33. The third-order valence-electron chi connectivity index (χ3n) is 13.8. The molecule has 2 bridgehead atoms. The Morgan fingerprint density at radius 1 is 0.982 bits per heavy atom. The lowest BCUT2D eigenvalue weighted by atomic mass is 9.92. The molecule has 4 saturated heterocycles. The van der Waals surface area contributed by atoms with Gasteiger partial charge in [0.05, 0.1) is 27.7 Å². The van der Waals surface area contributed by atoms with E-state index in [1.165, 1.54) is 6.33 Å². The van der Waals surface area contributed by atoms with Crippen molar-refractivity contribution in [3.63, 3.8) is 0 Å². The van der Waals surface area contributed by atoms with Gasteiger partial charge in [-0.05, 0) is 78.7 Å². The van der Waals surface area contributed by atoms with Crippen molar-refractivity contribution >= 4 is 46.4 Å². The largest absolute Gasteiger partial charge is 0.506 e. The minimum Gasteiger partial charge on any atom is -0.506 e. The molecular weight excluding hydrogens is 725 g/mol. The number of furan rings is 1. The summed E-state index contributed by atoms with van der Waals surface area (Å²) < 4.78 is 45.3. The first kappa shape index (κ1) is 37.3. The maximum atomic E-state index is 17.8. The van der Waals surface area contributed by atoms with Crippen LogP contribution in [-0.2, 0) is 0 Å². The van der Waals surface area contributed by atoms with Gasteiger partial charge in [-0.25, -0.2) is 18.7 Å². The summed E-state index contributed by atoms with van der Waals surface area (Å²) in [6, 6.07) is 9.80. The second-order valence-electron chi connectivity index (χ2n) is 17.9. The first-order chi connectivity index (χ1) is 26.9. The Balaban J connectivity index is 1.26. The molecule has 2 unspecified atom stereocenters. The molecule has 9 rings (SSSR count). The van der Waals surface area contributed by atoms with Crippen molar-refractivity contribution in [3.05, 3.63) is 54.2 Å². The van der Waals surface area contributed by atoms with Crippen LogP contribution >= 0.6 is 0 Å². The fraction of sp³-hybridized carbons (Fsp3) is 0.511. The fourth-order valence-corrected chi connectivity index (χ4v) is 16.4. The minimum atomic E-state index is -2.27. The summed E-state index contributed by atoms with van der Waals surface area (Å²) in [5.41, 5.74) is 7.64. The molecule has 0 spiro atoms. The molecule has 5 aromatic rings. The number of phenolic OH excluding ortho intramolecular Hbond substituents is 1. The molecule has 0 amide bonds. The van der Waals surface area contributed by atoms with Crippen molar-refractivity contribution in [2.45, 2.75) is 114 Å². The molecule has 11 heteroatoms. The number of nitrogens with one attached hydrogen (secondary N) is 1. The van der Waals surface area contributed by atoms with E-state index < -0.39 is 20.1 Å². The molecule has 6 heterocycles. The lowest BCUT2D eigenvalue weighted by Crippen LogP contribution is -2.51. The minimum absolute atomic E-state index is 0.170. The first-order valence-electron chi connectivity index (χ1n) is 20.6. The summed E-state index contributed by atoms with van der Waals surface area (Å²) in [6.45, 7) is 16.7. The fourth-order valence-electron chi connectivity index (χ4n) is 11.2. The zero-order valence-electron chi connectivity index (χ0n) is 33.4. The van der Waals surface area contributed by atoms with Crippen LogP contribution in [0.1, 0.15) is 79.2 Å². The van der Waals surface area contributed by atoms with Crippen LogP contribution in [0.4, 0.5) is 14.5 Å². The summed E-state index contributed by atoms with van der Waals surface area (Å²) in [6.07, 6.45) is 6.83. The first-order valence-corrected chi connectivity index (χ1v) is 22.8. The number of phenols is 1. The Morgan fingerprint density at radius 3 is 2.46 bits per heavy atom. The van der Waals surface area contributed by atoms with Gasteiger partial charge in [-0.2, -0.15) is 0 Å². The second-order valence-corrected chi connectivity index (χ2v) is 23.5. The smallest absolute Gasteiger partial charge is 0.285 e.